The molecule has 0 radical (unpaired) electrons. The predicted molar refractivity (Wildman–Crippen MR) is 63.0 cm³/mol. The Labute approximate surface area is 103 Å². The molecule has 2 atom stereocenters. The molecule has 17 heavy (non-hydrogen) atoms. The lowest BCUT2D eigenvalue weighted by Gasteiger charge is -2.21. The van der Waals surface area contributed by atoms with Crippen LogP contribution < -0.4 is 10.6 Å². The van der Waals surface area contributed by atoms with E-state index < -0.39 is 18.1 Å². The van der Waals surface area contributed by atoms with E-state index in [0.717, 1.165) is 0 Å². The molecule has 1 heterocycles. The van der Waals surface area contributed by atoms with Crippen LogP contribution in [0.25, 0.3) is 0 Å². The van der Waals surface area contributed by atoms with Crippen molar-refractivity contribution in [2.75, 3.05) is 4.90 Å². The summed E-state index contributed by atoms with van der Waals surface area (Å²) in [4.78, 5) is 24.1. The number of anilines is 1. The van der Waals surface area contributed by atoms with E-state index in [1.54, 1.807) is 24.3 Å². The number of carbonyl (C=O) groups is 2. The van der Waals surface area contributed by atoms with Crippen molar-refractivity contribution in [3.8, 4) is 0 Å². The van der Waals surface area contributed by atoms with Gasteiger partial charge in [-0.25, -0.2) is 4.79 Å². The first-order valence-corrected chi connectivity index (χ1v) is 5.45. The lowest BCUT2D eigenvalue weighted by Crippen LogP contribution is -2.40. The zero-order valence-corrected chi connectivity index (χ0v) is 9.59. The van der Waals surface area contributed by atoms with Crippen molar-refractivity contribution < 1.29 is 14.7 Å². The highest BCUT2D eigenvalue weighted by Crippen LogP contribution is 2.27. The van der Waals surface area contributed by atoms with Gasteiger partial charge in [-0.15, -0.1) is 0 Å². The molecular weight excluding hydrogens is 244 g/mol. The first-order valence-electron chi connectivity index (χ1n) is 5.07. The van der Waals surface area contributed by atoms with Gasteiger partial charge in [0.2, 0.25) is 5.91 Å². The minimum absolute atomic E-state index is 0.122. The number of carbonyl (C=O) groups excluding carboxylic acids is 1. The smallest absolute Gasteiger partial charge is 0.326 e. The Hall–Kier alpha value is -1.59. The summed E-state index contributed by atoms with van der Waals surface area (Å²) in [6, 6.07) is 4.76. The standard InChI is InChI=1S/C11H11ClN2O3/c12-6-1-3-7(4-2-6)14-9(11(16)17)5-8(13)10(14)15/h1-4,8-9H,5,13H2,(H,16,17)/t8-,9-/m0/s1. The molecule has 0 bridgehead atoms. The molecule has 1 fully saturated rings. The van der Waals surface area contributed by atoms with Crippen molar-refractivity contribution >= 4 is 29.2 Å². The lowest BCUT2D eigenvalue weighted by molar-refractivity contribution is -0.138. The fraction of sp³-hybridized carbons (Fsp3) is 0.273. The van der Waals surface area contributed by atoms with Crippen molar-refractivity contribution in [3.05, 3.63) is 29.3 Å². The van der Waals surface area contributed by atoms with Gasteiger partial charge in [0, 0.05) is 17.1 Å². The second-order valence-electron chi connectivity index (χ2n) is 3.88. The molecule has 3 N–H and O–H groups in total. The summed E-state index contributed by atoms with van der Waals surface area (Å²) in [7, 11) is 0. The first-order chi connectivity index (χ1) is 8.00. The summed E-state index contributed by atoms with van der Waals surface area (Å²) in [6.45, 7) is 0. The molecule has 0 aliphatic carbocycles. The van der Waals surface area contributed by atoms with E-state index in [4.69, 9.17) is 22.4 Å². The van der Waals surface area contributed by atoms with Gasteiger partial charge in [-0.05, 0) is 24.3 Å². The van der Waals surface area contributed by atoms with Crippen molar-refractivity contribution in [2.24, 2.45) is 5.73 Å². The maximum atomic E-state index is 11.8. The third kappa shape index (κ3) is 2.11. The van der Waals surface area contributed by atoms with Crippen LogP contribution in [0.2, 0.25) is 5.02 Å². The zero-order chi connectivity index (χ0) is 12.6. The van der Waals surface area contributed by atoms with E-state index in [9.17, 15) is 9.59 Å². The number of halogens is 1. The van der Waals surface area contributed by atoms with Crippen LogP contribution in [0.15, 0.2) is 24.3 Å². The monoisotopic (exact) mass is 254 g/mol. The minimum Gasteiger partial charge on any atom is -0.480 e. The summed E-state index contributed by atoms with van der Waals surface area (Å²) < 4.78 is 0. The average molecular weight is 255 g/mol. The highest BCUT2D eigenvalue weighted by Gasteiger charge is 2.42. The first kappa shape index (κ1) is 11.9. The quantitative estimate of drug-likeness (QED) is 0.820. The van der Waals surface area contributed by atoms with Crippen molar-refractivity contribution in [1.82, 2.24) is 0 Å². The Balaban J connectivity index is 2.37. The zero-order valence-electron chi connectivity index (χ0n) is 8.84. The van der Waals surface area contributed by atoms with Crippen LogP contribution >= 0.6 is 11.6 Å². The fourth-order valence-electron chi connectivity index (χ4n) is 1.90. The number of nitrogens with two attached hydrogens (primary N) is 1. The Bertz CT molecular complexity index is 460. The van der Waals surface area contributed by atoms with Crippen LogP contribution in [0.1, 0.15) is 6.42 Å². The van der Waals surface area contributed by atoms with Gasteiger partial charge in [-0.1, -0.05) is 11.6 Å². The van der Waals surface area contributed by atoms with E-state index in [1.807, 2.05) is 0 Å². The van der Waals surface area contributed by atoms with Gasteiger partial charge in [0.1, 0.15) is 6.04 Å². The molecule has 1 amide bonds. The summed E-state index contributed by atoms with van der Waals surface area (Å²) in [5.41, 5.74) is 6.08. The topological polar surface area (TPSA) is 83.6 Å². The molecule has 5 nitrogen and oxygen atoms in total. The van der Waals surface area contributed by atoms with Crippen LogP contribution in [-0.2, 0) is 9.59 Å². The van der Waals surface area contributed by atoms with Crippen LogP contribution in [0.4, 0.5) is 5.69 Å². The Morgan fingerprint density at radius 1 is 1.41 bits per heavy atom. The van der Waals surface area contributed by atoms with Crippen LogP contribution in [0, 0.1) is 0 Å². The van der Waals surface area contributed by atoms with E-state index in [2.05, 4.69) is 0 Å². The van der Waals surface area contributed by atoms with E-state index in [1.165, 1.54) is 4.90 Å². The molecule has 1 aliphatic rings. The normalized spacial score (nSPS) is 24.1. The van der Waals surface area contributed by atoms with Crippen molar-refractivity contribution in [3.63, 3.8) is 0 Å². The van der Waals surface area contributed by atoms with E-state index in [-0.39, 0.29) is 12.3 Å². The highest BCUT2D eigenvalue weighted by molar-refractivity contribution is 6.30. The van der Waals surface area contributed by atoms with Crippen molar-refractivity contribution in [2.45, 2.75) is 18.5 Å². The molecule has 2 rings (SSSR count). The molecule has 1 saturated heterocycles. The summed E-state index contributed by atoms with van der Waals surface area (Å²) in [5, 5.41) is 9.58. The number of aliphatic carboxylic acids is 1. The number of hydrogen-bond donors (Lipinski definition) is 2. The van der Waals surface area contributed by atoms with Gasteiger partial charge in [0.25, 0.3) is 0 Å². The summed E-state index contributed by atoms with van der Waals surface area (Å²) in [6.07, 6.45) is 0.122. The van der Waals surface area contributed by atoms with Gasteiger partial charge in [-0.2, -0.15) is 0 Å². The number of benzene rings is 1. The van der Waals surface area contributed by atoms with E-state index >= 15 is 0 Å². The molecular formula is C11H11ClN2O3. The highest BCUT2D eigenvalue weighted by atomic mass is 35.5. The molecule has 1 aromatic carbocycles. The average Bonchev–Trinajstić information content (AvgIpc) is 2.57. The summed E-state index contributed by atoms with van der Waals surface area (Å²) >= 11 is 5.74. The number of nitrogens with zero attached hydrogens (tertiary/aromatic N) is 1. The minimum atomic E-state index is -1.05. The maximum absolute atomic E-state index is 11.8. The predicted octanol–water partition coefficient (Wildman–Crippen LogP) is 0.857. The third-order valence-electron chi connectivity index (χ3n) is 2.73. The van der Waals surface area contributed by atoms with Gasteiger partial charge >= 0.3 is 5.97 Å². The second kappa shape index (κ2) is 4.35. The van der Waals surface area contributed by atoms with Gasteiger partial charge in [0.05, 0.1) is 6.04 Å². The summed E-state index contributed by atoms with van der Waals surface area (Å²) in [5.74, 6) is -1.43. The van der Waals surface area contributed by atoms with Crippen LogP contribution in [0.3, 0.4) is 0 Å². The number of carboxylic acid groups (broad SMARTS) is 1. The maximum Gasteiger partial charge on any atom is 0.326 e. The van der Waals surface area contributed by atoms with Crippen LogP contribution in [-0.4, -0.2) is 29.1 Å². The molecule has 6 heteroatoms. The molecule has 0 unspecified atom stereocenters. The Morgan fingerprint density at radius 3 is 2.53 bits per heavy atom. The van der Waals surface area contributed by atoms with Gasteiger partial charge in [0.15, 0.2) is 0 Å². The van der Waals surface area contributed by atoms with Gasteiger partial charge in [-0.3, -0.25) is 9.69 Å². The molecule has 1 aromatic rings. The van der Waals surface area contributed by atoms with Crippen molar-refractivity contribution in [1.29, 1.82) is 0 Å². The molecule has 0 saturated carbocycles. The largest absolute Gasteiger partial charge is 0.480 e. The molecule has 90 valence electrons. The molecule has 0 aromatic heterocycles. The lowest BCUT2D eigenvalue weighted by atomic mass is 10.2. The fourth-order valence-corrected chi connectivity index (χ4v) is 2.03. The Morgan fingerprint density at radius 2 is 2.00 bits per heavy atom. The Kier molecular flexibility index (Phi) is 3.04. The number of rotatable bonds is 2. The van der Waals surface area contributed by atoms with E-state index in [0.29, 0.717) is 10.7 Å². The molecule has 1 aliphatic heterocycles. The third-order valence-corrected chi connectivity index (χ3v) is 2.99. The number of carboxylic acids is 1. The SMILES string of the molecule is N[C@H]1C[C@@H](C(=O)O)N(c2ccc(Cl)cc2)C1=O. The second-order valence-corrected chi connectivity index (χ2v) is 4.32. The van der Waals surface area contributed by atoms with Crippen LogP contribution in [0.5, 0.6) is 0 Å². The van der Waals surface area contributed by atoms with Gasteiger partial charge < -0.3 is 10.8 Å². The number of hydrogen-bond acceptors (Lipinski definition) is 3. The molecule has 0 spiro atoms. The number of amides is 1.